The number of carbonyl (C=O) groups excluding carboxylic acids is 2. The van der Waals surface area contributed by atoms with Crippen LogP contribution in [0.4, 0.5) is 8.78 Å². The van der Waals surface area contributed by atoms with Gasteiger partial charge in [0.15, 0.2) is 12.4 Å². The number of ether oxygens (including phenoxy) is 1. The van der Waals surface area contributed by atoms with Gasteiger partial charge < -0.3 is 4.74 Å². The fourth-order valence-corrected chi connectivity index (χ4v) is 0.984. The zero-order chi connectivity index (χ0) is 13.9. The summed E-state index contributed by atoms with van der Waals surface area (Å²) in [5.74, 6) is -2.31. The second kappa shape index (κ2) is 5.32. The summed E-state index contributed by atoms with van der Waals surface area (Å²) in [6.07, 6.45) is -1.77. The minimum atomic E-state index is -5.66. The Bertz CT molecular complexity index is 439. The van der Waals surface area contributed by atoms with Gasteiger partial charge in [0, 0.05) is 5.57 Å². The van der Waals surface area contributed by atoms with Gasteiger partial charge in [-0.05, 0) is 6.92 Å². The van der Waals surface area contributed by atoms with Crippen LogP contribution in [0.25, 0.3) is 0 Å². The third-order valence-electron chi connectivity index (χ3n) is 1.49. The molecule has 0 aromatic rings. The lowest BCUT2D eigenvalue weighted by molar-refractivity contribution is -0.145. The van der Waals surface area contributed by atoms with E-state index in [1.807, 2.05) is 0 Å². The van der Waals surface area contributed by atoms with Gasteiger partial charge in [-0.2, -0.15) is 17.2 Å². The van der Waals surface area contributed by atoms with Crippen molar-refractivity contribution in [2.75, 3.05) is 6.61 Å². The normalized spacial score (nSPS) is 12.0. The predicted molar refractivity (Wildman–Crippen MR) is 51.9 cm³/mol. The molecule has 17 heavy (non-hydrogen) atoms. The second-order valence-corrected chi connectivity index (χ2v) is 4.73. The molecule has 0 amide bonds. The maximum Gasteiger partial charge on any atom is 0.376 e. The lowest BCUT2D eigenvalue weighted by Gasteiger charge is -2.11. The number of Topliss-reactive ketones (excluding diaryl/α,β-unsaturated/α-hetero) is 1. The van der Waals surface area contributed by atoms with Gasteiger partial charge in [0.25, 0.3) is 0 Å². The highest BCUT2D eigenvalue weighted by Crippen LogP contribution is 2.24. The summed E-state index contributed by atoms with van der Waals surface area (Å²) in [5, 5.41) is -4.60. The molecule has 0 aliphatic rings. The van der Waals surface area contributed by atoms with E-state index in [-0.39, 0.29) is 5.57 Å². The average Bonchev–Trinajstić information content (AvgIpc) is 2.11. The van der Waals surface area contributed by atoms with Crippen LogP contribution in [0.3, 0.4) is 0 Å². The number of esters is 1. The number of rotatable bonds is 6. The van der Waals surface area contributed by atoms with Crippen LogP contribution in [0, 0.1) is 0 Å². The van der Waals surface area contributed by atoms with Gasteiger partial charge >= 0.3 is 21.3 Å². The van der Waals surface area contributed by atoms with Crippen molar-refractivity contribution in [2.24, 2.45) is 0 Å². The molecule has 0 saturated carbocycles. The Kier molecular flexibility index (Phi) is 4.90. The van der Waals surface area contributed by atoms with Crippen molar-refractivity contribution in [3.63, 3.8) is 0 Å². The first kappa shape index (κ1) is 15.7. The molecule has 0 unspecified atom stereocenters. The fourth-order valence-electron chi connectivity index (χ4n) is 0.641. The Morgan fingerprint density at radius 3 is 2.24 bits per heavy atom. The van der Waals surface area contributed by atoms with Crippen molar-refractivity contribution in [1.82, 2.24) is 0 Å². The molecule has 0 heterocycles. The molecule has 0 atom stereocenters. The third kappa shape index (κ3) is 5.00. The van der Waals surface area contributed by atoms with Gasteiger partial charge in [0.05, 0.1) is 6.42 Å². The maximum absolute atomic E-state index is 12.6. The smallest absolute Gasteiger partial charge is 0.376 e. The Hall–Kier alpha value is -1.35. The molecule has 98 valence electrons. The van der Waals surface area contributed by atoms with E-state index in [0.29, 0.717) is 0 Å². The minimum Gasteiger partial charge on any atom is -0.454 e. The molecule has 0 saturated heterocycles. The molecule has 0 aromatic carbocycles. The highest BCUT2D eigenvalue weighted by Gasteiger charge is 2.45. The molecule has 1 N–H and O–H groups in total. The maximum atomic E-state index is 12.6. The first-order valence-corrected chi connectivity index (χ1v) is 5.60. The van der Waals surface area contributed by atoms with Gasteiger partial charge in [0.2, 0.25) is 0 Å². The molecule has 0 bridgehead atoms. The fraction of sp³-hybridized carbons (Fsp3) is 0.500. The number of alkyl halides is 2. The monoisotopic (exact) mass is 272 g/mol. The Labute approximate surface area is 96.0 Å². The van der Waals surface area contributed by atoms with Gasteiger partial charge in [-0.3, -0.25) is 9.35 Å². The topological polar surface area (TPSA) is 97.7 Å². The van der Waals surface area contributed by atoms with Crippen molar-refractivity contribution in [1.29, 1.82) is 0 Å². The van der Waals surface area contributed by atoms with Crippen LogP contribution in [-0.2, 0) is 24.4 Å². The number of carbonyl (C=O) groups is 2. The van der Waals surface area contributed by atoms with Crippen LogP contribution in [0.15, 0.2) is 12.2 Å². The molecule has 0 spiro atoms. The molecule has 0 rings (SSSR count). The summed E-state index contributed by atoms with van der Waals surface area (Å²) in [7, 11) is -5.66. The predicted octanol–water partition coefficient (Wildman–Crippen LogP) is 0.546. The minimum absolute atomic E-state index is 0.0423. The average molecular weight is 272 g/mol. The highest BCUT2D eigenvalue weighted by molar-refractivity contribution is 7.86. The van der Waals surface area contributed by atoms with Crippen molar-refractivity contribution < 1.29 is 36.1 Å². The standard InChI is InChI=1S/C8H10F2O6S/c1-5(2)7(12)16-4-6(11)3-8(9,10)17(13,14)15/h1,3-4H2,2H3,(H,13,14,15). The highest BCUT2D eigenvalue weighted by atomic mass is 32.2. The summed E-state index contributed by atoms with van der Waals surface area (Å²) >= 11 is 0. The lowest BCUT2D eigenvalue weighted by atomic mass is 10.3. The van der Waals surface area contributed by atoms with Crippen molar-refractivity contribution >= 4 is 21.9 Å². The van der Waals surface area contributed by atoms with E-state index in [1.54, 1.807) is 0 Å². The van der Waals surface area contributed by atoms with Crippen LogP contribution >= 0.6 is 0 Å². The van der Waals surface area contributed by atoms with E-state index in [2.05, 4.69) is 11.3 Å². The van der Waals surface area contributed by atoms with Gasteiger partial charge in [-0.1, -0.05) is 6.58 Å². The second-order valence-electron chi connectivity index (χ2n) is 3.18. The largest absolute Gasteiger partial charge is 0.454 e. The van der Waals surface area contributed by atoms with Gasteiger partial charge in [-0.15, -0.1) is 0 Å². The van der Waals surface area contributed by atoms with E-state index >= 15 is 0 Å². The summed E-state index contributed by atoms with van der Waals surface area (Å²) in [6.45, 7) is 3.44. The number of ketones is 1. The van der Waals surface area contributed by atoms with Crippen LogP contribution in [0.1, 0.15) is 13.3 Å². The Morgan fingerprint density at radius 2 is 1.88 bits per heavy atom. The third-order valence-corrected chi connectivity index (χ3v) is 2.39. The van der Waals surface area contributed by atoms with E-state index in [0.717, 1.165) is 0 Å². The molecule has 0 fully saturated rings. The van der Waals surface area contributed by atoms with Crippen LogP contribution in [-0.4, -0.2) is 36.6 Å². The number of halogens is 2. The summed E-state index contributed by atoms with van der Waals surface area (Å²) in [5.41, 5.74) is -0.0423. The van der Waals surface area contributed by atoms with Gasteiger partial charge in [-0.25, -0.2) is 4.79 Å². The van der Waals surface area contributed by atoms with E-state index in [9.17, 15) is 26.8 Å². The Balaban J connectivity index is 4.40. The Morgan fingerprint density at radius 1 is 1.41 bits per heavy atom. The molecule has 0 aromatic heterocycles. The molecular weight excluding hydrogens is 262 g/mol. The molecular formula is C8H10F2O6S. The summed E-state index contributed by atoms with van der Waals surface area (Å²) in [4.78, 5) is 21.7. The van der Waals surface area contributed by atoms with Crippen LogP contribution in [0.2, 0.25) is 0 Å². The van der Waals surface area contributed by atoms with Crippen molar-refractivity contribution in [3.8, 4) is 0 Å². The van der Waals surface area contributed by atoms with Crippen molar-refractivity contribution in [3.05, 3.63) is 12.2 Å². The summed E-state index contributed by atoms with van der Waals surface area (Å²) < 4.78 is 58.0. The van der Waals surface area contributed by atoms with Gasteiger partial charge in [0.1, 0.15) is 0 Å². The number of hydrogen-bond acceptors (Lipinski definition) is 5. The zero-order valence-electron chi connectivity index (χ0n) is 8.77. The zero-order valence-corrected chi connectivity index (χ0v) is 9.59. The lowest BCUT2D eigenvalue weighted by Crippen LogP contribution is -2.32. The quantitative estimate of drug-likeness (QED) is 0.430. The first-order valence-electron chi connectivity index (χ1n) is 4.16. The number of hydrogen-bond donors (Lipinski definition) is 1. The van der Waals surface area contributed by atoms with Crippen LogP contribution in [0.5, 0.6) is 0 Å². The van der Waals surface area contributed by atoms with E-state index in [4.69, 9.17) is 4.55 Å². The molecule has 9 heteroatoms. The molecule has 6 nitrogen and oxygen atoms in total. The molecule has 0 aliphatic carbocycles. The summed E-state index contributed by atoms with van der Waals surface area (Å²) in [6, 6.07) is 0. The van der Waals surface area contributed by atoms with Crippen molar-refractivity contribution in [2.45, 2.75) is 18.6 Å². The molecule has 0 radical (unpaired) electrons. The van der Waals surface area contributed by atoms with E-state index < -0.39 is 40.2 Å². The first-order chi connectivity index (χ1) is 7.47. The van der Waals surface area contributed by atoms with E-state index in [1.165, 1.54) is 6.92 Å². The SMILES string of the molecule is C=C(C)C(=O)OCC(=O)CC(F)(F)S(=O)(=O)O. The molecule has 0 aliphatic heterocycles. The van der Waals surface area contributed by atoms with Crippen LogP contribution < -0.4 is 0 Å².